The Balaban J connectivity index is 2.30. The molecule has 0 radical (unpaired) electrons. The summed E-state index contributed by atoms with van der Waals surface area (Å²) in [6.45, 7) is 6.70. The first-order chi connectivity index (χ1) is 6.34. The Morgan fingerprint density at radius 1 is 1.36 bits per heavy atom. The lowest BCUT2D eigenvalue weighted by molar-refractivity contribution is -0.125. The lowest BCUT2D eigenvalue weighted by Crippen LogP contribution is -2.41. The third-order valence-corrected chi connectivity index (χ3v) is 4.85. The normalized spacial score (nSPS) is 45.1. The van der Waals surface area contributed by atoms with Crippen LogP contribution < -0.4 is 0 Å². The highest BCUT2D eigenvalue weighted by atomic mass is 16.1. The van der Waals surface area contributed by atoms with Crippen molar-refractivity contribution in [1.82, 2.24) is 4.90 Å². The van der Waals surface area contributed by atoms with Crippen LogP contribution in [-0.2, 0) is 4.79 Å². The number of hydrogen-bond acceptors (Lipinski definition) is 2. The van der Waals surface area contributed by atoms with Gasteiger partial charge in [-0.15, -0.1) is 0 Å². The molecule has 2 rings (SSSR count). The minimum atomic E-state index is 0.260. The highest BCUT2D eigenvalue weighted by molar-refractivity contribution is 5.83. The van der Waals surface area contributed by atoms with Gasteiger partial charge in [0, 0.05) is 17.9 Å². The molecule has 0 N–H and O–H groups in total. The lowest BCUT2D eigenvalue weighted by atomic mass is 9.85. The summed E-state index contributed by atoms with van der Waals surface area (Å²) in [7, 11) is 4.31. The van der Waals surface area contributed by atoms with Crippen molar-refractivity contribution in [2.45, 2.75) is 39.2 Å². The number of ketones is 1. The van der Waals surface area contributed by atoms with Crippen LogP contribution in [0.5, 0.6) is 0 Å². The van der Waals surface area contributed by atoms with Crippen LogP contribution in [0.15, 0.2) is 0 Å². The van der Waals surface area contributed by atoms with E-state index in [1.807, 2.05) is 0 Å². The molecule has 0 aromatic carbocycles. The fourth-order valence-corrected chi connectivity index (χ4v) is 3.82. The number of nitrogens with zero attached hydrogens (tertiary/aromatic N) is 1. The van der Waals surface area contributed by atoms with Crippen molar-refractivity contribution in [2.24, 2.45) is 17.3 Å². The van der Waals surface area contributed by atoms with Gasteiger partial charge < -0.3 is 4.90 Å². The van der Waals surface area contributed by atoms with Crippen LogP contribution in [0.2, 0.25) is 0 Å². The molecule has 14 heavy (non-hydrogen) atoms. The second kappa shape index (κ2) is 2.60. The van der Waals surface area contributed by atoms with Crippen molar-refractivity contribution < 1.29 is 4.79 Å². The fraction of sp³-hybridized carbons (Fsp3) is 0.917. The molecule has 0 heterocycles. The molecule has 2 saturated carbocycles. The molecule has 0 spiro atoms. The molecule has 0 bridgehead atoms. The van der Waals surface area contributed by atoms with E-state index in [0.717, 1.165) is 12.8 Å². The van der Waals surface area contributed by atoms with Gasteiger partial charge in [-0.3, -0.25) is 4.79 Å². The van der Waals surface area contributed by atoms with E-state index in [2.05, 4.69) is 39.8 Å². The van der Waals surface area contributed by atoms with Gasteiger partial charge in [0.1, 0.15) is 5.78 Å². The monoisotopic (exact) mass is 195 g/mol. The van der Waals surface area contributed by atoms with Gasteiger partial charge in [-0.05, 0) is 31.8 Å². The maximum Gasteiger partial charge on any atom is 0.136 e. The average Bonchev–Trinajstić information content (AvgIpc) is 2.52. The van der Waals surface area contributed by atoms with Gasteiger partial charge in [-0.25, -0.2) is 0 Å². The molecule has 2 nitrogen and oxygen atoms in total. The second-order valence-corrected chi connectivity index (χ2v) is 5.87. The molecule has 80 valence electrons. The Labute approximate surface area is 86.7 Å². The van der Waals surface area contributed by atoms with Gasteiger partial charge in [0.2, 0.25) is 0 Å². The zero-order valence-corrected chi connectivity index (χ0v) is 9.92. The second-order valence-electron chi connectivity index (χ2n) is 5.87. The smallest absolute Gasteiger partial charge is 0.136 e. The Kier molecular flexibility index (Phi) is 1.89. The summed E-state index contributed by atoms with van der Waals surface area (Å²) < 4.78 is 0. The predicted octanol–water partition coefficient (Wildman–Crippen LogP) is 1.94. The molecule has 0 aromatic heterocycles. The SMILES string of the molecule is CC1CC2(N(C)C)C(CC1=O)C2(C)C. The van der Waals surface area contributed by atoms with Gasteiger partial charge in [-0.1, -0.05) is 20.8 Å². The highest BCUT2D eigenvalue weighted by Crippen LogP contribution is 2.70. The van der Waals surface area contributed by atoms with E-state index in [-0.39, 0.29) is 5.92 Å². The zero-order valence-electron chi connectivity index (χ0n) is 9.92. The molecule has 0 aromatic rings. The van der Waals surface area contributed by atoms with E-state index in [0.29, 0.717) is 22.7 Å². The van der Waals surface area contributed by atoms with Crippen LogP contribution in [-0.4, -0.2) is 30.3 Å². The molecule has 3 unspecified atom stereocenters. The lowest BCUT2D eigenvalue weighted by Gasteiger charge is -2.33. The van der Waals surface area contributed by atoms with Crippen LogP contribution in [0.1, 0.15) is 33.6 Å². The van der Waals surface area contributed by atoms with Gasteiger partial charge in [-0.2, -0.15) is 0 Å². The van der Waals surface area contributed by atoms with Crippen molar-refractivity contribution in [3.05, 3.63) is 0 Å². The zero-order chi connectivity index (χ0) is 10.7. The van der Waals surface area contributed by atoms with E-state index in [4.69, 9.17) is 0 Å². The molecule has 2 heteroatoms. The van der Waals surface area contributed by atoms with E-state index in [1.165, 1.54) is 0 Å². The molecule has 3 atom stereocenters. The first kappa shape index (κ1) is 10.2. The first-order valence-electron chi connectivity index (χ1n) is 5.54. The summed E-state index contributed by atoms with van der Waals surface area (Å²) in [5.41, 5.74) is 0.636. The van der Waals surface area contributed by atoms with Crippen molar-refractivity contribution in [2.75, 3.05) is 14.1 Å². The topological polar surface area (TPSA) is 20.3 Å². The van der Waals surface area contributed by atoms with Crippen LogP contribution >= 0.6 is 0 Å². The van der Waals surface area contributed by atoms with Gasteiger partial charge >= 0.3 is 0 Å². The highest BCUT2D eigenvalue weighted by Gasteiger charge is 2.74. The quantitative estimate of drug-likeness (QED) is 0.637. The maximum atomic E-state index is 11.7. The van der Waals surface area contributed by atoms with Gasteiger partial charge in [0.15, 0.2) is 0 Å². The van der Waals surface area contributed by atoms with Crippen molar-refractivity contribution in [1.29, 1.82) is 0 Å². The summed E-state index contributed by atoms with van der Waals surface area (Å²) in [5.74, 6) is 1.32. The Hall–Kier alpha value is -0.370. The minimum Gasteiger partial charge on any atom is -0.303 e. The first-order valence-corrected chi connectivity index (χ1v) is 5.54. The maximum absolute atomic E-state index is 11.7. The van der Waals surface area contributed by atoms with Crippen LogP contribution in [0.3, 0.4) is 0 Å². The molecule has 0 aliphatic heterocycles. The predicted molar refractivity (Wildman–Crippen MR) is 57.1 cm³/mol. The molecule has 0 saturated heterocycles. The molecule has 2 aliphatic carbocycles. The van der Waals surface area contributed by atoms with E-state index in [9.17, 15) is 4.79 Å². The third kappa shape index (κ3) is 0.928. The number of rotatable bonds is 1. The molecule has 2 aliphatic rings. The molecule has 2 fully saturated rings. The summed E-state index contributed by atoms with van der Waals surface area (Å²) in [5, 5.41) is 0. The minimum absolute atomic E-state index is 0.260. The molecular weight excluding hydrogens is 174 g/mol. The summed E-state index contributed by atoms with van der Waals surface area (Å²) in [6, 6.07) is 0. The third-order valence-electron chi connectivity index (χ3n) is 4.85. The largest absolute Gasteiger partial charge is 0.303 e. The van der Waals surface area contributed by atoms with Crippen molar-refractivity contribution in [3.63, 3.8) is 0 Å². The summed E-state index contributed by atoms with van der Waals surface area (Å²) >= 11 is 0. The van der Waals surface area contributed by atoms with Crippen molar-refractivity contribution >= 4 is 5.78 Å². The average molecular weight is 195 g/mol. The number of carbonyl (C=O) groups excluding carboxylic acids is 1. The van der Waals surface area contributed by atoms with Crippen LogP contribution in [0, 0.1) is 17.3 Å². The van der Waals surface area contributed by atoms with Gasteiger partial charge in [0.05, 0.1) is 0 Å². The molecule has 0 amide bonds. The van der Waals surface area contributed by atoms with Crippen molar-refractivity contribution in [3.8, 4) is 0 Å². The Morgan fingerprint density at radius 3 is 2.43 bits per heavy atom. The van der Waals surface area contributed by atoms with Gasteiger partial charge in [0.25, 0.3) is 0 Å². The van der Waals surface area contributed by atoms with Crippen LogP contribution in [0.4, 0.5) is 0 Å². The van der Waals surface area contributed by atoms with E-state index >= 15 is 0 Å². The summed E-state index contributed by atoms with van der Waals surface area (Å²) in [6.07, 6.45) is 1.85. The Morgan fingerprint density at radius 2 is 1.93 bits per heavy atom. The fourth-order valence-electron chi connectivity index (χ4n) is 3.82. The number of Topliss-reactive ketones (excluding diaryl/α,β-unsaturated/α-hetero) is 1. The van der Waals surface area contributed by atoms with E-state index < -0.39 is 0 Å². The summed E-state index contributed by atoms with van der Waals surface area (Å²) in [4.78, 5) is 14.0. The number of fused-ring (bicyclic) bond motifs is 1. The van der Waals surface area contributed by atoms with Crippen LogP contribution in [0.25, 0.3) is 0 Å². The standard InChI is InChI=1S/C12H21NO/c1-8-7-12(13(4)5)10(6-9(8)14)11(12,2)3/h8,10H,6-7H2,1-5H3. The van der Waals surface area contributed by atoms with E-state index in [1.54, 1.807) is 0 Å². The number of carbonyl (C=O) groups is 1. The molecular formula is C12H21NO. The Bertz CT molecular complexity index is 282. The number of hydrogen-bond donors (Lipinski definition) is 0.